The number of nitrogens with zero attached hydrogens (tertiary/aromatic N) is 2. The number of aromatic nitrogens is 2. The Hall–Kier alpha value is -1.88. The van der Waals surface area contributed by atoms with Crippen LogP contribution in [0.1, 0.15) is 31.2 Å². The van der Waals surface area contributed by atoms with Gasteiger partial charge in [-0.2, -0.15) is 4.98 Å². The van der Waals surface area contributed by atoms with Crippen molar-refractivity contribution in [2.45, 2.75) is 39.2 Å². The highest BCUT2D eigenvalue weighted by Gasteiger charge is 2.13. The Balaban J connectivity index is 2.12. The quantitative estimate of drug-likeness (QED) is 0.877. The minimum absolute atomic E-state index is 0.203. The van der Waals surface area contributed by atoms with E-state index in [9.17, 15) is 0 Å². The molecular formula is C15H21N3O2. The number of aryl methyl sites for hydroxylation is 2. The minimum Gasteiger partial charge on any atom is -0.496 e. The molecule has 0 saturated carbocycles. The normalized spacial score (nSPS) is 12.4. The van der Waals surface area contributed by atoms with E-state index < -0.39 is 0 Å². The summed E-state index contributed by atoms with van der Waals surface area (Å²) in [5.41, 5.74) is 7.70. The van der Waals surface area contributed by atoms with Gasteiger partial charge in [-0.1, -0.05) is 11.2 Å². The Morgan fingerprint density at radius 1 is 1.40 bits per heavy atom. The van der Waals surface area contributed by atoms with Gasteiger partial charge in [0.05, 0.1) is 12.7 Å². The third-order valence-corrected chi connectivity index (χ3v) is 3.12. The van der Waals surface area contributed by atoms with Crippen molar-refractivity contribution < 1.29 is 9.26 Å². The van der Waals surface area contributed by atoms with E-state index in [2.05, 4.69) is 10.1 Å². The first-order chi connectivity index (χ1) is 9.60. The van der Waals surface area contributed by atoms with Gasteiger partial charge in [-0.15, -0.1) is 0 Å². The number of nitrogens with two attached hydrogens (primary N) is 1. The summed E-state index contributed by atoms with van der Waals surface area (Å²) in [5.74, 6) is 1.97. The molecule has 0 aliphatic carbocycles. The average Bonchev–Trinajstić information content (AvgIpc) is 2.86. The van der Waals surface area contributed by atoms with E-state index in [1.807, 2.05) is 32.0 Å². The fraction of sp³-hybridized carbons (Fsp3) is 0.467. The van der Waals surface area contributed by atoms with Gasteiger partial charge in [0.25, 0.3) is 0 Å². The Morgan fingerprint density at radius 2 is 2.20 bits per heavy atom. The molecule has 2 aromatic rings. The Labute approximate surface area is 119 Å². The molecule has 0 fully saturated rings. The van der Waals surface area contributed by atoms with Gasteiger partial charge in [0.2, 0.25) is 11.7 Å². The molecule has 2 rings (SSSR count). The molecule has 0 radical (unpaired) electrons. The lowest BCUT2D eigenvalue weighted by molar-refractivity contribution is 0.372. The molecule has 5 heteroatoms. The van der Waals surface area contributed by atoms with Crippen molar-refractivity contribution in [2.75, 3.05) is 7.11 Å². The fourth-order valence-corrected chi connectivity index (χ4v) is 2.02. The van der Waals surface area contributed by atoms with Gasteiger partial charge in [0.1, 0.15) is 5.75 Å². The summed E-state index contributed by atoms with van der Waals surface area (Å²) in [5, 5.41) is 4.03. The lowest BCUT2D eigenvalue weighted by Gasteiger charge is -2.05. The molecule has 1 unspecified atom stereocenters. The molecule has 0 saturated heterocycles. The van der Waals surface area contributed by atoms with Crippen LogP contribution in [0.3, 0.4) is 0 Å². The second-order valence-corrected chi connectivity index (χ2v) is 5.08. The average molecular weight is 275 g/mol. The number of benzene rings is 1. The van der Waals surface area contributed by atoms with Crippen molar-refractivity contribution in [3.8, 4) is 17.1 Å². The zero-order valence-corrected chi connectivity index (χ0v) is 12.2. The minimum atomic E-state index is 0.203. The van der Waals surface area contributed by atoms with E-state index in [-0.39, 0.29) is 6.04 Å². The standard InChI is InChI=1S/C15H21N3O2/c1-10-7-8-12(13(9-10)19-3)15-17-14(20-18-15)6-4-5-11(2)16/h7-9,11H,4-6,16H2,1-3H3. The number of hydrogen-bond acceptors (Lipinski definition) is 5. The first kappa shape index (κ1) is 14.5. The van der Waals surface area contributed by atoms with Crippen LogP contribution < -0.4 is 10.5 Å². The first-order valence-electron chi connectivity index (χ1n) is 6.83. The molecule has 0 aliphatic heterocycles. The van der Waals surface area contributed by atoms with E-state index >= 15 is 0 Å². The topological polar surface area (TPSA) is 74.2 Å². The molecule has 1 heterocycles. The second-order valence-electron chi connectivity index (χ2n) is 5.08. The molecule has 1 atom stereocenters. The van der Waals surface area contributed by atoms with Crippen molar-refractivity contribution in [1.29, 1.82) is 0 Å². The van der Waals surface area contributed by atoms with Crippen LogP contribution in [0.25, 0.3) is 11.4 Å². The molecule has 0 spiro atoms. The maximum absolute atomic E-state index is 5.72. The summed E-state index contributed by atoms with van der Waals surface area (Å²) in [7, 11) is 1.64. The van der Waals surface area contributed by atoms with E-state index in [1.165, 1.54) is 0 Å². The maximum atomic E-state index is 5.72. The number of ether oxygens (including phenoxy) is 1. The van der Waals surface area contributed by atoms with E-state index in [0.717, 1.165) is 36.1 Å². The highest BCUT2D eigenvalue weighted by molar-refractivity contribution is 5.64. The summed E-state index contributed by atoms with van der Waals surface area (Å²) in [4.78, 5) is 4.42. The molecule has 108 valence electrons. The van der Waals surface area contributed by atoms with Crippen LogP contribution in [0.15, 0.2) is 22.7 Å². The van der Waals surface area contributed by atoms with Crippen LogP contribution in [0.4, 0.5) is 0 Å². The molecule has 1 aromatic carbocycles. The molecular weight excluding hydrogens is 254 g/mol. The number of methoxy groups -OCH3 is 1. The van der Waals surface area contributed by atoms with E-state index in [0.29, 0.717) is 11.7 Å². The van der Waals surface area contributed by atoms with Gasteiger partial charge in [-0.05, 0) is 44.4 Å². The van der Waals surface area contributed by atoms with Crippen molar-refractivity contribution in [2.24, 2.45) is 5.73 Å². The SMILES string of the molecule is COc1cc(C)ccc1-c1noc(CCCC(C)N)n1. The molecule has 5 nitrogen and oxygen atoms in total. The molecule has 0 amide bonds. The Morgan fingerprint density at radius 3 is 2.90 bits per heavy atom. The van der Waals surface area contributed by atoms with Gasteiger partial charge in [0, 0.05) is 12.5 Å². The molecule has 1 aromatic heterocycles. The van der Waals surface area contributed by atoms with Crippen molar-refractivity contribution in [3.05, 3.63) is 29.7 Å². The number of rotatable bonds is 6. The van der Waals surface area contributed by atoms with E-state index in [4.69, 9.17) is 15.0 Å². The number of hydrogen-bond donors (Lipinski definition) is 1. The monoisotopic (exact) mass is 275 g/mol. The predicted molar refractivity (Wildman–Crippen MR) is 77.6 cm³/mol. The largest absolute Gasteiger partial charge is 0.496 e. The van der Waals surface area contributed by atoms with Crippen LogP contribution in [-0.4, -0.2) is 23.3 Å². The zero-order chi connectivity index (χ0) is 14.5. The summed E-state index contributed by atoms with van der Waals surface area (Å²) < 4.78 is 10.6. The van der Waals surface area contributed by atoms with Crippen LogP contribution in [0.2, 0.25) is 0 Å². The Kier molecular flexibility index (Phi) is 4.74. The fourth-order valence-electron chi connectivity index (χ4n) is 2.02. The molecule has 20 heavy (non-hydrogen) atoms. The highest BCUT2D eigenvalue weighted by Crippen LogP contribution is 2.28. The third-order valence-electron chi connectivity index (χ3n) is 3.12. The van der Waals surface area contributed by atoms with Gasteiger partial charge in [-0.3, -0.25) is 0 Å². The maximum Gasteiger partial charge on any atom is 0.226 e. The van der Waals surface area contributed by atoms with Crippen molar-refractivity contribution >= 4 is 0 Å². The van der Waals surface area contributed by atoms with E-state index in [1.54, 1.807) is 7.11 Å². The third kappa shape index (κ3) is 3.57. The molecule has 0 aliphatic rings. The molecule has 0 bridgehead atoms. The van der Waals surface area contributed by atoms with Gasteiger partial charge >= 0.3 is 0 Å². The summed E-state index contributed by atoms with van der Waals surface area (Å²) in [6.45, 7) is 4.01. The van der Waals surface area contributed by atoms with Crippen LogP contribution >= 0.6 is 0 Å². The summed E-state index contributed by atoms with van der Waals surface area (Å²) in [6.07, 6.45) is 2.65. The lowest BCUT2D eigenvalue weighted by atomic mass is 10.1. The van der Waals surface area contributed by atoms with Crippen LogP contribution in [0.5, 0.6) is 5.75 Å². The smallest absolute Gasteiger partial charge is 0.226 e. The van der Waals surface area contributed by atoms with Gasteiger partial charge in [-0.25, -0.2) is 0 Å². The first-order valence-corrected chi connectivity index (χ1v) is 6.83. The molecule has 2 N–H and O–H groups in total. The van der Waals surface area contributed by atoms with Crippen molar-refractivity contribution in [1.82, 2.24) is 10.1 Å². The summed E-state index contributed by atoms with van der Waals surface area (Å²) in [6, 6.07) is 6.12. The van der Waals surface area contributed by atoms with Crippen molar-refractivity contribution in [3.63, 3.8) is 0 Å². The highest BCUT2D eigenvalue weighted by atomic mass is 16.5. The van der Waals surface area contributed by atoms with Gasteiger partial charge in [0.15, 0.2) is 0 Å². The van der Waals surface area contributed by atoms with Crippen LogP contribution in [0, 0.1) is 6.92 Å². The van der Waals surface area contributed by atoms with Gasteiger partial charge < -0.3 is 15.0 Å². The second kappa shape index (κ2) is 6.52. The van der Waals surface area contributed by atoms with Crippen LogP contribution in [-0.2, 0) is 6.42 Å². The zero-order valence-electron chi connectivity index (χ0n) is 12.2. The lowest BCUT2D eigenvalue weighted by Crippen LogP contribution is -2.14. The summed E-state index contributed by atoms with van der Waals surface area (Å²) >= 11 is 0. The Bertz CT molecular complexity index is 564. The predicted octanol–water partition coefficient (Wildman–Crippen LogP) is 2.72.